The third-order valence-corrected chi connectivity index (χ3v) is 6.89. The Morgan fingerprint density at radius 1 is 1.19 bits per heavy atom. The average molecular weight is 527 g/mol. The molecule has 1 aromatic carbocycles. The van der Waals surface area contributed by atoms with Gasteiger partial charge in [-0.25, -0.2) is 4.52 Å². The zero-order valence-corrected chi connectivity index (χ0v) is 20.6. The molecule has 4 aromatic rings. The molecule has 0 unspecified atom stereocenters. The lowest BCUT2D eigenvalue weighted by Crippen LogP contribution is -2.24. The van der Waals surface area contributed by atoms with Crippen molar-refractivity contribution in [1.82, 2.24) is 19.0 Å². The van der Waals surface area contributed by atoms with Crippen LogP contribution in [-0.4, -0.2) is 52.7 Å². The number of sulfonamides is 1. The SMILES string of the molecule is CN(c1cccnc1)c1ccc([N+](=O)[O-])cc1S(=O)(=O)N(C)/N=C\c1cnn2ccc(C#N)cc12.Cl. The van der Waals surface area contributed by atoms with Gasteiger partial charge in [0.05, 0.1) is 52.1 Å². The third-order valence-electron chi connectivity index (χ3n) is 5.21. The van der Waals surface area contributed by atoms with Crippen molar-refractivity contribution in [2.75, 3.05) is 19.0 Å². The van der Waals surface area contributed by atoms with E-state index in [2.05, 4.69) is 15.2 Å². The maximum Gasteiger partial charge on any atom is 0.281 e. The van der Waals surface area contributed by atoms with Crippen molar-refractivity contribution in [2.24, 2.45) is 5.10 Å². The summed E-state index contributed by atoms with van der Waals surface area (Å²) in [7, 11) is -1.45. The number of rotatable bonds is 7. The molecule has 0 atom stereocenters. The quantitative estimate of drug-likeness (QED) is 0.202. The highest BCUT2D eigenvalue weighted by atomic mass is 35.5. The minimum atomic E-state index is -4.31. The fourth-order valence-corrected chi connectivity index (χ4v) is 4.50. The maximum absolute atomic E-state index is 13.5. The first kappa shape index (κ1) is 26.1. The highest BCUT2D eigenvalue weighted by Gasteiger charge is 2.28. The van der Waals surface area contributed by atoms with E-state index in [1.165, 1.54) is 36.1 Å². The molecule has 0 saturated heterocycles. The molecule has 0 aliphatic heterocycles. The van der Waals surface area contributed by atoms with Crippen molar-refractivity contribution >= 4 is 51.2 Å². The molecule has 0 N–H and O–H groups in total. The summed E-state index contributed by atoms with van der Waals surface area (Å²) in [5.41, 5.74) is 1.87. The van der Waals surface area contributed by atoms with Crippen LogP contribution in [0, 0.1) is 21.4 Å². The first-order valence-corrected chi connectivity index (χ1v) is 11.5. The van der Waals surface area contributed by atoms with E-state index in [1.807, 2.05) is 6.07 Å². The van der Waals surface area contributed by atoms with Crippen molar-refractivity contribution in [1.29, 1.82) is 5.26 Å². The van der Waals surface area contributed by atoms with Gasteiger partial charge < -0.3 is 4.90 Å². The van der Waals surface area contributed by atoms with Gasteiger partial charge >= 0.3 is 0 Å². The van der Waals surface area contributed by atoms with Gasteiger partial charge in [-0.3, -0.25) is 15.1 Å². The second-order valence-electron chi connectivity index (χ2n) is 7.32. The fraction of sp³-hybridized carbons (Fsp3) is 0.0909. The first-order valence-electron chi connectivity index (χ1n) is 10.0. The summed E-state index contributed by atoms with van der Waals surface area (Å²) < 4.78 is 29.2. The summed E-state index contributed by atoms with van der Waals surface area (Å²) in [5.74, 6) is 0. The molecule has 184 valence electrons. The number of hydrazone groups is 1. The average Bonchev–Trinajstić information content (AvgIpc) is 3.28. The number of nitriles is 1. The summed E-state index contributed by atoms with van der Waals surface area (Å²) in [6, 6.07) is 12.2. The highest BCUT2D eigenvalue weighted by molar-refractivity contribution is 7.89. The standard InChI is InChI=1S/C22H18N8O4S.ClH/c1-27(19-4-3-8-24-15-19)20-6-5-18(30(31)32)11-22(20)35(33,34)28(2)25-13-17-14-26-29-9-7-16(12-23)10-21(17)29;/h3-11,13-15H,1-2H3;1H/b25-13-;. The number of halogens is 1. The number of benzene rings is 1. The van der Waals surface area contributed by atoms with Crippen LogP contribution in [0.5, 0.6) is 0 Å². The number of non-ortho nitro benzene ring substituents is 1. The number of aromatic nitrogens is 3. The molecule has 0 radical (unpaired) electrons. The Morgan fingerprint density at radius 3 is 2.64 bits per heavy atom. The van der Waals surface area contributed by atoms with E-state index >= 15 is 0 Å². The number of nitro benzene ring substituents is 1. The van der Waals surface area contributed by atoms with Crippen molar-refractivity contribution in [3.63, 3.8) is 0 Å². The number of hydrogen-bond donors (Lipinski definition) is 0. The van der Waals surface area contributed by atoms with Gasteiger partial charge in [0, 0.05) is 44.2 Å². The molecule has 3 heterocycles. The first-order chi connectivity index (χ1) is 16.7. The lowest BCUT2D eigenvalue weighted by Gasteiger charge is -2.23. The Balaban J connectivity index is 0.00000361. The zero-order valence-electron chi connectivity index (χ0n) is 19.0. The summed E-state index contributed by atoms with van der Waals surface area (Å²) in [6.45, 7) is 0. The number of anilines is 2. The van der Waals surface area contributed by atoms with Gasteiger partial charge in [0.2, 0.25) is 0 Å². The summed E-state index contributed by atoms with van der Waals surface area (Å²) in [5, 5.41) is 28.7. The van der Waals surface area contributed by atoms with Crippen LogP contribution in [0.2, 0.25) is 0 Å². The van der Waals surface area contributed by atoms with E-state index < -0.39 is 14.9 Å². The van der Waals surface area contributed by atoms with Crippen molar-refractivity contribution in [3.8, 4) is 6.07 Å². The highest BCUT2D eigenvalue weighted by Crippen LogP contribution is 2.34. The summed E-state index contributed by atoms with van der Waals surface area (Å²) in [4.78, 5) is 16.0. The fourth-order valence-electron chi connectivity index (χ4n) is 3.31. The number of hydrogen-bond acceptors (Lipinski definition) is 9. The molecule has 14 heteroatoms. The van der Waals surface area contributed by atoms with E-state index in [1.54, 1.807) is 54.8 Å². The molecule has 0 spiro atoms. The Kier molecular flexibility index (Phi) is 7.52. The molecule has 4 rings (SSSR count). The van der Waals surface area contributed by atoms with E-state index in [-0.39, 0.29) is 28.7 Å². The van der Waals surface area contributed by atoms with E-state index in [4.69, 9.17) is 5.26 Å². The van der Waals surface area contributed by atoms with E-state index in [0.717, 1.165) is 10.5 Å². The maximum atomic E-state index is 13.5. The molecule has 0 amide bonds. The number of pyridine rings is 2. The van der Waals surface area contributed by atoms with Gasteiger partial charge in [0.25, 0.3) is 15.7 Å². The second-order valence-corrected chi connectivity index (χ2v) is 9.24. The van der Waals surface area contributed by atoms with Gasteiger partial charge in [-0.15, -0.1) is 12.4 Å². The molecular formula is C22H19ClN8O4S. The van der Waals surface area contributed by atoms with Crippen molar-refractivity contribution in [2.45, 2.75) is 4.90 Å². The molecule has 0 fully saturated rings. The van der Waals surface area contributed by atoms with Crippen molar-refractivity contribution in [3.05, 3.63) is 88.5 Å². The van der Waals surface area contributed by atoms with Crippen molar-refractivity contribution < 1.29 is 13.3 Å². The smallest absolute Gasteiger partial charge is 0.281 e. The molecule has 0 bridgehead atoms. The Bertz CT molecular complexity index is 1600. The minimum absolute atomic E-state index is 0. The topological polar surface area (TPSA) is 150 Å². The Labute approximate surface area is 212 Å². The number of nitro groups is 1. The second kappa shape index (κ2) is 10.4. The molecule has 0 saturated carbocycles. The third kappa shape index (κ3) is 4.95. The van der Waals surface area contributed by atoms with Crippen LogP contribution in [0.3, 0.4) is 0 Å². The molecule has 12 nitrogen and oxygen atoms in total. The van der Waals surface area contributed by atoms with E-state index in [0.29, 0.717) is 22.3 Å². The predicted octanol–water partition coefficient (Wildman–Crippen LogP) is 3.35. The van der Waals surface area contributed by atoms with Crippen LogP contribution in [0.1, 0.15) is 11.1 Å². The molecule has 0 aliphatic rings. The Morgan fingerprint density at radius 2 is 1.97 bits per heavy atom. The summed E-state index contributed by atoms with van der Waals surface area (Å²) >= 11 is 0. The van der Waals surface area contributed by atoms with Crippen LogP contribution < -0.4 is 4.90 Å². The van der Waals surface area contributed by atoms with Gasteiger partial charge in [0.15, 0.2) is 0 Å². The van der Waals surface area contributed by atoms with Crippen LogP contribution in [0.4, 0.5) is 17.1 Å². The molecule has 0 aliphatic carbocycles. The predicted molar refractivity (Wildman–Crippen MR) is 135 cm³/mol. The Hall–Kier alpha value is -4.54. The van der Waals surface area contributed by atoms with Gasteiger partial charge in [0.1, 0.15) is 4.90 Å². The minimum Gasteiger partial charge on any atom is -0.342 e. The monoisotopic (exact) mass is 526 g/mol. The van der Waals surface area contributed by atoms with Gasteiger partial charge in [-0.2, -0.15) is 28.3 Å². The number of nitrogens with zero attached hydrogens (tertiary/aromatic N) is 8. The van der Waals surface area contributed by atoms with Crippen LogP contribution >= 0.6 is 12.4 Å². The lowest BCUT2D eigenvalue weighted by molar-refractivity contribution is -0.385. The van der Waals surface area contributed by atoms with Gasteiger partial charge in [-0.05, 0) is 30.3 Å². The number of fused-ring (bicyclic) bond motifs is 1. The summed E-state index contributed by atoms with van der Waals surface area (Å²) in [6.07, 6.45) is 7.50. The van der Waals surface area contributed by atoms with E-state index in [9.17, 15) is 18.5 Å². The molecular weight excluding hydrogens is 508 g/mol. The lowest BCUT2D eigenvalue weighted by atomic mass is 10.2. The molecule has 3 aromatic heterocycles. The molecule has 36 heavy (non-hydrogen) atoms. The van der Waals surface area contributed by atoms with Crippen LogP contribution in [0.25, 0.3) is 5.52 Å². The zero-order chi connectivity index (χ0) is 25.2. The van der Waals surface area contributed by atoms with Crippen LogP contribution in [-0.2, 0) is 10.0 Å². The van der Waals surface area contributed by atoms with Gasteiger partial charge in [-0.1, -0.05) is 0 Å². The van der Waals surface area contributed by atoms with Crippen LogP contribution in [0.15, 0.2) is 77.2 Å². The normalized spacial score (nSPS) is 11.1. The largest absolute Gasteiger partial charge is 0.342 e.